The van der Waals surface area contributed by atoms with E-state index in [1.54, 1.807) is 24.3 Å². The first-order valence-electron chi connectivity index (χ1n) is 5.96. The summed E-state index contributed by atoms with van der Waals surface area (Å²) in [5.41, 5.74) is -0.136. The normalized spacial score (nSPS) is 14.6. The Morgan fingerprint density at radius 2 is 1.90 bits per heavy atom. The number of fused-ring (bicyclic) bond motifs is 1. The van der Waals surface area contributed by atoms with E-state index in [2.05, 4.69) is 6.07 Å². The van der Waals surface area contributed by atoms with E-state index in [0.717, 1.165) is 6.07 Å². The number of hydrogen-bond donors (Lipinski definition) is 0. The highest BCUT2D eigenvalue weighted by molar-refractivity contribution is 6.10. The molecule has 1 aliphatic heterocycles. The van der Waals surface area contributed by atoms with Crippen molar-refractivity contribution in [3.8, 4) is 0 Å². The molecule has 0 aromatic heterocycles. The molecule has 0 aliphatic carbocycles. The van der Waals surface area contributed by atoms with Crippen LogP contribution in [0.4, 0.5) is 18.9 Å². The maximum absolute atomic E-state index is 13.0. The summed E-state index contributed by atoms with van der Waals surface area (Å²) in [4.78, 5) is 13.5. The van der Waals surface area contributed by atoms with E-state index in [4.69, 9.17) is 0 Å². The van der Waals surface area contributed by atoms with Crippen molar-refractivity contribution in [2.75, 3.05) is 4.90 Å². The van der Waals surface area contributed by atoms with Crippen molar-refractivity contribution in [1.29, 1.82) is 0 Å². The molecule has 5 heteroatoms. The Balaban J connectivity index is 2.07. The zero-order chi connectivity index (χ0) is 14.3. The standard InChI is InChI=1S/C15H9F3NO/c16-15(17,18)13-8-4-7-11-12(13)9-19(14(11)20)10-5-2-1-3-6-10/h1-5,7-8H,9H2. The number of nitrogens with zero attached hydrogens (tertiary/aromatic N) is 1. The summed E-state index contributed by atoms with van der Waals surface area (Å²) in [6.07, 6.45) is -4.46. The Morgan fingerprint density at radius 3 is 2.55 bits per heavy atom. The number of halogens is 3. The van der Waals surface area contributed by atoms with Gasteiger partial charge in [0, 0.05) is 11.6 Å². The molecule has 0 spiro atoms. The number of hydrogen-bond acceptors (Lipinski definition) is 1. The lowest BCUT2D eigenvalue weighted by molar-refractivity contribution is -0.138. The quantitative estimate of drug-likeness (QED) is 0.778. The van der Waals surface area contributed by atoms with Crippen LogP contribution in [0.15, 0.2) is 42.5 Å². The van der Waals surface area contributed by atoms with Gasteiger partial charge in [0.1, 0.15) is 0 Å². The van der Waals surface area contributed by atoms with Gasteiger partial charge in [-0.2, -0.15) is 13.2 Å². The Hall–Kier alpha value is -2.30. The Labute approximate surface area is 113 Å². The van der Waals surface area contributed by atoms with Crippen LogP contribution in [-0.4, -0.2) is 5.91 Å². The van der Waals surface area contributed by atoms with Crippen LogP contribution in [0.5, 0.6) is 0 Å². The molecule has 2 aromatic rings. The molecule has 2 nitrogen and oxygen atoms in total. The first-order chi connectivity index (χ1) is 9.48. The molecule has 0 atom stereocenters. The average Bonchev–Trinajstić information content (AvgIpc) is 2.76. The lowest BCUT2D eigenvalue weighted by Gasteiger charge is -2.15. The summed E-state index contributed by atoms with van der Waals surface area (Å²) in [6, 6.07) is 13.3. The topological polar surface area (TPSA) is 20.3 Å². The predicted molar refractivity (Wildman–Crippen MR) is 67.2 cm³/mol. The molecule has 1 aliphatic rings. The van der Waals surface area contributed by atoms with Crippen LogP contribution >= 0.6 is 0 Å². The molecular weight excluding hydrogens is 267 g/mol. The van der Waals surface area contributed by atoms with Gasteiger partial charge in [-0.05, 0) is 23.8 Å². The molecule has 2 aromatic carbocycles. The van der Waals surface area contributed by atoms with E-state index in [9.17, 15) is 18.0 Å². The third-order valence-corrected chi connectivity index (χ3v) is 3.26. The molecule has 0 bridgehead atoms. The van der Waals surface area contributed by atoms with Crippen molar-refractivity contribution in [1.82, 2.24) is 0 Å². The fraction of sp³-hybridized carbons (Fsp3) is 0.133. The molecule has 0 unspecified atom stereocenters. The number of carbonyl (C=O) groups is 1. The molecule has 1 heterocycles. The number of rotatable bonds is 1. The first kappa shape index (κ1) is 12.7. The summed E-state index contributed by atoms with van der Waals surface area (Å²) in [7, 11) is 0. The number of carbonyl (C=O) groups excluding carboxylic acids is 1. The largest absolute Gasteiger partial charge is 0.416 e. The van der Waals surface area contributed by atoms with Crippen molar-refractivity contribution in [3.05, 3.63) is 65.2 Å². The molecule has 20 heavy (non-hydrogen) atoms. The van der Waals surface area contributed by atoms with Gasteiger partial charge >= 0.3 is 6.18 Å². The molecule has 3 rings (SSSR count). The van der Waals surface area contributed by atoms with E-state index < -0.39 is 17.6 Å². The van der Waals surface area contributed by atoms with Crippen molar-refractivity contribution in [3.63, 3.8) is 0 Å². The summed E-state index contributed by atoms with van der Waals surface area (Å²) in [5.74, 6) is -0.423. The van der Waals surface area contributed by atoms with Gasteiger partial charge in [0.25, 0.3) is 5.91 Å². The van der Waals surface area contributed by atoms with Crippen LogP contribution in [0.25, 0.3) is 0 Å². The van der Waals surface area contributed by atoms with Crippen LogP contribution in [0.2, 0.25) is 0 Å². The molecule has 0 saturated carbocycles. The zero-order valence-electron chi connectivity index (χ0n) is 10.2. The molecule has 1 amide bonds. The molecule has 0 saturated heterocycles. The average molecular weight is 276 g/mol. The van der Waals surface area contributed by atoms with E-state index in [1.165, 1.54) is 17.0 Å². The van der Waals surface area contributed by atoms with Crippen LogP contribution in [0.3, 0.4) is 0 Å². The van der Waals surface area contributed by atoms with E-state index in [-0.39, 0.29) is 17.7 Å². The van der Waals surface area contributed by atoms with Crippen molar-refractivity contribution in [2.45, 2.75) is 12.7 Å². The van der Waals surface area contributed by atoms with E-state index >= 15 is 0 Å². The highest BCUT2D eigenvalue weighted by Crippen LogP contribution is 2.38. The van der Waals surface area contributed by atoms with Crippen LogP contribution in [-0.2, 0) is 12.7 Å². The van der Waals surface area contributed by atoms with Crippen LogP contribution in [0, 0.1) is 6.07 Å². The second-order valence-electron chi connectivity index (χ2n) is 4.47. The number of para-hydroxylation sites is 1. The van der Waals surface area contributed by atoms with Gasteiger partial charge in [-0.25, -0.2) is 0 Å². The predicted octanol–water partition coefficient (Wildman–Crippen LogP) is 3.67. The lowest BCUT2D eigenvalue weighted by atomic mass is 10.0. The van der Waals surface area contributed by atoms with E-state index in [1.807, 2.05) is 0 Å². The zero-order valence-corrected chi connectivity index (χ0v) is 10.2. The third-order valence-electron chi connectivity index (χ3n) is 3.26. The number of alkyl halides is 3. The summed E-state index contributed by atoms with van der Waals surface area (Å²) in [6.45, 7) is -0.0790. The van der Waals surface area contributed by atoms with Gasteiger partial charge in [0.2, 0.25) is 0 Å². The minimum Gasteiger partial charge on any atom is -0.303 e. The molecule has 0 N–H and O–H groups in total. The number of anilines is 1. The number of benzene rings is 2. The fourth-order valence-electron chi connectivity index (χ4n) is 2.34. The fourth-order valence-corrected chi connectivity index (χ4v) is 2.34. The Bertz CT molecular complexity index is 665. The maximum atomic E-state index is 13.0. The Morgan fingerprint density at radius 1 is 1.10 bits per heavy atom. The minimum atomic E-state index is -4.46. The maximum Gasteiger partial charge on any atom is 0.416 e. The number of amides is 1. The first-order valence-corrected chi connectivity index (χ1v) is 5.96. The molecular formula is C15H9F3NO. The van der Waals surface area contributed by atoms with Gasteiger partial charge < -0.3 is 4.90 Å². The smallest absolute Gasteiger partial charge is 0.303 e. The van der Waals surface area contributed by atoms with Gasteiger partial charge in [-0.15, -0.1) is 0 Å². The van der Waals surface area contributed by atoms with Gasteiger partial charge in [-0.3, -0.25) is 4.79 Å². The Kier molecular flexibility index (Phi) is 2.78. The highest BCUT2D eigenvalue weighted by Gasteiger charge is 2.39. The SMILES string of the molecule is O=C1c2cccc(C(F)(F)F)c2CN1c1[c]cccc1. The van der Waals surface area contributed by atoms with Crippen molar-refractivity contribution < 1.29 is 18.0 Å². The second kappa shape index (κ2) is 4.37. The summed E-state index contributed by atoms with van der Waals surface area (Å²) >= 11 is 0. The van der Waals surface area contributed by atoms with Crippen LogP contribution < -0.4 is 4.90 Å². The second-order valence-corrected chi connectivity index (χ2v) is 4.47. The molecule has 0 fully saturated rings. The molecule has 1 radical (unpaired) electrons. The molecule has 101 valence electrons. The summed E-state index contributed by atoms with van der Waals surface area (Å²) in [5, 5.41) is 0. The van der Waals surface area contributed by atoms with Gasteiger partial charge in [0.15, 0.2) is 0 Å². The van der Waals surface area contributed by atoms with Crippen molar-refractivity contribution in [2.24, 2.45) is 0 Å². The lowest BCUT2D eigenvalue weighted by Crippen LogP contribution is -2.23. The van der Waals surface area contributed by atoms with Crippen molar-refractivity contribution >= 4 is 11.6 Å². The summed E-state index contributed by atoms with van der Waals surface area (Å²) < 4.78 is 38.9. The highest BCUT2D eigenvalue weighted by atomic mass is 19.4. The van der Waals surface area contributed by atoms with Crippen LogP contribution in [0.1, 0.15) is 21.5 Å². The van der Waals surface area contributed by atoms with E-state index in [0.29, 0.717) is 5.69 Å². The van der Waals surface area contributed by atoms with Gasteiger partial charge in [-0.1, -0.05) is 24.3 Å². The minimum absolute atomic E-state index is 0.0299. The van der Waals surface area contributed by atoms with Gasteiger partial charge in [0.05, 0.1) is 17.8 Å². The monoisotopic (exact) mass is 276 g/mol. The third kappa shape index (κ3) is 1.95.